The van der Waals surface area contributed by atoms with Gasteiger partial charge in [-0.2, -0.15) is 0 Å². The summed E-state index contributed by atoms with van der Waals surface area (Å²) in [5.41, 5.74) is 0. The van der Waals surface area contributed by atoms with Gasteiger partial charge in [-0.3, -0.25) is 0 Å². The minimum atomic E-state index is 0. The molecule has 0 saturated heterocycles. The Morgan fingerprint density at radius 1 is 1.09 bits per heavy atom. The van der Waals surface area contributed by atoms with Gasteiger partial charge in [0, 0.05) is 8.41 Å². The summed E-state index contributed by atoms with van der Waals surface area (Å²) in [6.45, 7) is 10.1. The SMILES string of the molecule is C.CC.CC(C)C(C)ON.[B]. The van der Waals surface area contributed by atoms with Crippen LogP contribution in [0.3, 0.4) is 0 Å². The first-order chi connectivity index (χ1) is 4.18. The van der Waals surface area contributed by atoms with Crippen LogP contribution < -0.4 is 5.90 Å². The molecule has 0 heterocycles. The predicted molar refractivity (Wildman–Crippen MR) is 53.4 cm³/mol. The highest BCUT2D eigenvalue weighted by Crippen LogP contribution is 2.00. The summed E-state index contributed by atoms with van der Waals surface area (Å²) in [5, 5.41) is 0. The fourth-order valence-electron chi connectivity index (χ4n) is 0.157. The number of nitrogens with two attached hydrogens (primary N) is 1. The molecule has 0 rings (SSSR count). The van der Waals surface area contributed by atoms with Crippen LogP contribution in [0, 0.1) is 5.92 Å². The van der Waals surface area contributed by atoms with Gasteiger partial charge in [-0.05, 0) is 12.8 Å². The molecule has 3 heteroatoms. The minimum absolute atomic E-state index is 0. The lowest BCUT2D eigenvalue weighted by Gasteiger charge is -2.10. The third kappa shape index (κ3) is 17.8. The van der Waals surface area contributed by atoms with Crippen molar-refractivity contribution in [1.82, 2.24) is 0 Å². The molecule has 0 bridgehead atoms. The molecule has 0 spiro atoms. The lowest BCUT2D eigenvalue weighted by molar-refractivity contribution is 0.0351. The predicted octanol–water partition coefficient (Wildman–Crippen LogP) is 2.20. The van der Waals surface area contributed by atoms with Gasteiger partial charge >= 0.3 is 0 Å². The zero-order chi connectivity index (χ0) is 7.86. The summed E-state index contributed by atoms with van der Waals surface area (Å²) >= 11 is 0. The molecule has 3 radical (unpaired) electrons. The van der Waals surface area contributed by atoms with Gasteiger partial charge in [-0.25, -0.2) is 5.90 Å². The molecule has 0 fully saturated rings. The summed E-state index contributed by atoms with van der Waals surface area (Å²) in [4.78, 5) is 4.51. The second-order valence-corrected chi connectivity index (χ2v) is 2.09. The highest BCUT2D eigenvalue weighted by atomic mass is 16.6. The summed E-state index contributed by atoms with van der Waals surface area (Å²) < 4.78 is 0. The maximum Gasteiger partial charge on any atom is 0.0782 e. The van der Waals surface area contributed by atoms with Crippen LogP contribution in [-0.2, 0) is 4.84 Å². The van der Waals surface area contributed by atoms with E-state index in [1.165, 1.54) is 0 Å². The van der Waals surface area contributed by atoms with Crippen LogP contribution >= 0.6 is 0 Å². The Morgan fingerprint density at radius 3 is 1.36 bits per heavy atom. The van der Waals surface area contributed by atoms with Crippen LogP contribution in [0.5, 0.6) is 0 Å². The van der Waals surface area contributed by atoms with E-state index in [2.05, 4.69) is 18.7 Å². The molecule has 0 aliphatic heterocycles. The molecule has 1 atom stereocenters. The molecule has 0 aromatic rings. The number of hydrogen-bond acceptors (Lipinski definition) is 2. The van der Waals surface area contributed by atoms with Crippen molar-refractivity contribution in [1.29, 1.82) is 0 Å². The Labute approximate surface area is 74.0 Å². The van der Waals surface area contributed by atoms with Crippen LogP contribution in [0.25, 0.3) is 0 Å². The van der Waals surface area contributed by atoms with Crippen molar-refractivity contribution in [3.05, 3.63) is 0 Å². The van der Waals surface area contributed by atoms with Crippen LogP contribution in [0.1, 0.15) is 42.0 Å². The van der Waals surface area contributed by atoms with Crippen LogP contribution in [-0.4, -0.2) is 14.5 Å². The van der Waals surface area contributed by atoms with E-state index in [0.29, 0.717) is 5.92 Å². The molecule has 0 amide bonds. The highest BCUT2D eigenvalue weighted by Gasteiger charge is 2.02. The Hall–Kier alpha value is -0.0151. The van der Waals surface area contributed by atoms with E-state index in [4.69, 9.17) is 5.90 Å². The molecule has 11 heavy (non-hydrogen) atoms. The van der Waals surface area contributed by atoms with E-state index in [1.54, 1.807) is 0 Å². The van der Waals surface area contributed by atoms with Gasteiger partial charge in [0.15, 0.2) is 0 Å². The Morgan fingerprint density at radius 2 is 1.36 bits per heavy atom. The third-order valence-electron chi connectivity index (χ3n) is 1.15. The molecule has 0 saturated carbocycles. The van der Waals surface area contributed by atoms with Gasteiger partial charge in [0.05, 0.1) is 6.10 Å². The van der Waals surface area contributed by atoms with Gasteiger partial charge in [-0.1, -0.05) is 35.1 Å². The van der Waals surface area contributed by atoms with Crippen molar-refractivity contribution in [3.63, 3.8) is 0 Å². The Bertz CT molecular complexity index is 51.4. The van der Waals surface area contributed by atoms with Crippen molar-refractivity contribution >= 4 is 8.41 Å². The maximum atomic E-state index is 4.87. The Balaban J connectivity index is -0.0000000564. The zero-order valence-electron chi connectivity index (χ0n) is 7.72. The molecule has 0 aliphatic rings. The van der Waals surface area contributed by atoms with Crippen LogP contribution in [0.2, 0.25) is 0 Å². The highest BCUT2D eigenvalue weighted by molar-refractivity contribution is 5.75. The van der Waals surface area contributed by atoms with Crippen LogP contribution in [0.4, 0.5) is 0 Å². The van der Waals surface area contributed by atoms with E-state index >= 15 is 0 Å². The lowest BCUT2D eigenvalue weighted by atomic mass is 10.1. The fraction of sp³-hybridized carbons (Fsp3) is 1.00. The first-order valence-electron chi connectivity index (χ1n) is 3.54. The normalized spacial score (nSPS) is 10.1. The molecule has 69 valence electrons. The summed E-state index contributed by atoms with van der Waals surface area (Å²) in [5.74, 6) is 5.39. The standard InChI is InChI=1S/C5H13NO.C2H6.CH4.B/c1-4(2)5(3)7-6;1-2;;/h4-5H,6H2,1-3H3;1-2H3;1H4;. The smallest absolute Gasteiger partial charge is 0.0782 e. The second kappa shape index (κ2) is 16.5. The zero-order valence-corrected chi connectivity index (χ0v) is 7.72. The summed E-state index contributed by atoms with van der Waals surface area (Å²) in [7, 11) is 0. The molecule has 1 unspecified atom stereocenters. The minimum Gasteiger partial charge on any atom is -0.301 e. The third-order valence-corrected chi connectivity index (χ3v) is 1.15. The van der Waals surface area contributed by atoms with Gasteiger partial charge < -0.3 is 4.84 Å². The van der Waals surface area contributed by atoms with E-state index in [-0.39, 0.29) is 21.9 Å². The molecule has 0 aromatic heterocycles. The van der Waals surface area contributed by atoms with Crippen molar-refractivity contribution in [2.24, 2.45) is 11.8 Å². The monoisotopic (exact) mass is 160 g/mol. The van der Waals surface area contributed by atoms with Crippen LogP contribution in [0.15, 0.2) is 0 Å². The largest absolute Gasteiger partial charge is 0.301 e. The second-order valence-electron chi connectivity index (χ2n) is 2.09. The van der Waals surface area contributed by atoms with E-state index < -0.39 is 0 Å². The molecular weight excluding hydrogens is 137 g/mol. The lowest BCUT2D eigenvalue weighted by Crippen LogP contribution is -2.18. The summed E-state index contributed by atoms with van der Waals surface area (Å²) in [6.07, 6.45) is 0.181. The van der Waals surface area contributed by atoms with E-state index in [0.717, 1.165) is 0 Å². The maximum absolute atomic E-state index is 4.87. The average Bonchev–Trinajstić information content (AvgIpc) is 1.91. The fourth-order valence-corrected chi connectivity index (χ4v) is 0.157. The van der Waals surface area contributed by atoms with Gasteiger partial charge in [0.2, 0.25) is 0 Å². The molecule has 0 aromatic carbocycles. The van der Waals surface area contributed by atoms with Gasteiger partial charge in [-0.15, -0.1) is 0 Å². The summed E-state index contributed by atoms with van der Waals surface area (Å²) in [6, 6.07) is 0. The molecule has 0 aliphatic carbocycles. The van der Waals surface area contributed by atoms with Crippen molar-refractivity contribution in [3.8, 4) is 0 Å². The molecule has 2 nitrogen and oxygen atoms in total. The average molecular weight is 160 g/mol. The van der Waals surface area contributed by atoms with Gasteiger partial charge in [0.25, 0.3) is 0 Å². The molecule has 2 N–H and O–H groups in total. The first-order valence-corrected chi connectivity index (χ1v) is 3.54. The molecular formula is C8H23BNO. The van der Waals surface area contributed by atoms with Gasteiger partial charge in [0.1, 0.15) is 0 Å². The van der Waals surface area contributed by atoms with Crippen molar-refractivity contribution in [2.75, 3.05) is 0 Å². The van der Waals surface area contributed by atoms with E-state index in [9.17, 15) is 0 Å². The van der Waals surface area contributed by atoms with Crippen molar-refractivity contribution in [2.45, 2.75) is 48.1 Å². The first kappa shape index (κ1) is 22.4. The number of hydrogen-bond donors (Lipinski definition) is 1. The van der Waals surface area contributed by atoms with Crippen molar-refractivity contribution < 1.29 is 4.84 Å². The number of rotatable bonds is 2. The van der Waals surface area contributed by atoms with E-state index in [1.807, 2.05) is 20.8 Å². The quantitative estimate of drug-likeness (QED) is 0.496. The Kier molecular flexibility index (Phi) is 33.7. The topological polar surface area (TPSA) is 35.2 Å².